The standard InChI is InChI=1S/C22H23BrN2O4S/c23-18-12-17-8-10-25(22(27)16-6-7-16)19(17)13-20(18)30(28,29)11-9-21(26)24-14-15-4-2-1-3-5-15/h1-5,12-13,16H,6-11,14H2,(H,24,26). The van der Waals surface area contributed by atoms with E-state index in [-0.39, 0.29) is 34.8 Å². The molecule has 158 valence electrons. The third kappa shape index (κ3) is 4.59. The van der Waals surface area contributed by atoms with E-state index in [1.54, 1.807) is 17.0 Å². The van der Waals surface area contributed by atoms with Crippen LogP contribution in [0.1, 0.15) is 30.4 Å². The van der Waals surface area contributed by atoms with Gasteiger partial charge in [0.25, 0.3) is 0 Å². The molecule has 8 heteroatoms. The summed E-state index contributed by atoms with van der Waals surface area (Å²) in [5.74, 6) is -0.445. The molecule has 0 atom stereocenters. The van der Waals surface area contributed by atoms with Crippen molar-refractivity contribution in [3.63, 3.8) is 0 Å². The molecule has 0 radical (unpaired) electrons. The highest BCUT2D eigenvalue weighted by molar-refractivity contribution is 9.10. The Bertz CT molecular complexity index is 1080. The van der Waals surface area contributed by atoms with Crippen molar-refractivity contribution in [1.82, 2.24) is 5.32 Å². The predicted molar refractivity (Wildman–Crippen MR) is 118 cm³/mol. The molecule has 1 N–H and O–H groups in total. The molecule has 0 aromatic heterocycles. The van der Waals surface area contributed by atoms with Crippen LogP contribution in [0.5, 0.6) is 0 Å². The lowest BCUT2D eigenvalue weighted by molar-refractivity contribution is -0.121. The molecule has 30 heavy (non-hydrogen) atoms. The van der Waals surface area contributed by atoms with Crippen LogP contribution in [0.4, 0.5) is 5.69 Å². The lowest BCUT2D eigenvalue weighted by Crippen LogP contribution is -2.30. The van der Waals surface area contributed by atoms with Gasteiger partial charge in [0.15, 0.2) is 9.84 Å². The molecule has 1 fully saturated rings. The number of carbonyl (C=O) groups is 2. The second kappa shape index (κ2) is 8.51. The number of hydrogen-bond donors (Lipinski definition) is 1. The van der Waals surface area contributed by atoms with E-state index in [0.717, 1.165) is 24.0 Å². The zero-order valence-corrected chi connectivity index (χ0v) is 18.8. The van der Waals surface area contributed by atoms with Gasteiger partial charge in [-0.3, -0.25) is 9.59 Å². The molecule has 1 aliphatic heterocycles. The van der Waals surface area contributed by atoms with Gasteiger partial charge >= 0.3 is 0 Å². The molecule has 0 spiro atoms. The van der Waals surface area contributed by atoms with Crippen molar-refractivity contribution in [3.05, 3.63) is 58.1 Å². The summed E-state index contributed by atoms with van der Waals surface area (Å²) in [5.41, 5.74) is 2.60. The first-order chi connectivity index (χ1) is 14.3. The Morgan fingerprint density at radius 2 is 1.87 bits per heavy atom. The van der Waals surface area contributed by atoms with Gasteiger partial charge in [-0.15, -0.1) is 0 Å². The number of halogens is 1. The highest BCUT2D eigenvalue weighted by Gasteiger charge is 2.37. The van der Waals surface area contributed by atoms with Crippen LogP contribution in [0.3, 0.4) is 0 Å². The Kier molecular flexibility index (Phi) is 5.97. The molecule has 1 heterocycles. The number of anilines is 1. The normalized spacial score (nSPS) is 15.7. The van der Waals surface area contributed by atoms with Crippen LogP contribution in [0, 0.1) is 5.92 Å². The Labute approximate surface area is 184 Å². The molecule has 0 unspecified atom stereocenters. The van der Waals surface area contributed by atoms with E-state index in [2.05, 4.69) is 21.2 Å². The van der Waals surface area contributed by atoms with E-state index in [9.17, 15) is 18.0 Å². The van der Waals surface area contributed by atoms with Gasteiger partial charge in [0.1, 0.15) is 0 Å². The smallest absolute Gasteiger partial charge is 0.230 e. The minimum absolute atomic E-state index is 0.0768. The van der Waals surface area contributed by atoms with Crippen molar-refractivity contribution in [2.45, 2.75) is 37.1 Å². The molecule has 2 amide bonds. The fraction of sp³-hybridized carbons (Fsp3) is 0.364. The zero-order chi connectivity index (χ0) is 21.3. The molecule has 6 nitrogen and oxygen atoms in total. The minimum atomic E-state index is -3.69. The number of amides is 2. The van der Waals surface area contributed by atoms with Crippen molar-refractivity contribution in [3.8, 4) is 0 Å². The molecule has 2 aliphatic rings. The summed E-state index contributed by atoms with van der Waals surface area (Å²) >= 11 is 3.37. The maximum Gasteiger partial charge on any atom is 0.230 e. The van der Waals surface area contributed by atoms with Crippen LogP contribution in [-0.2, 0) is 32.4 Å². The minimum Gasteiger partial charge on any atom is -0.352 e. The van der Waals surface area contributed by atoms with Gasteiger partial charge in [-0.05, 0) is 58.5 Å². The number of nitrogens with zero attached hydrogens (tertiary/aromatic N) is 1. The summed E-state index contributed by atoms with van der Waals surface area (Å²) in [6.45, 7) is 0.947. The molecule has 4 rings (SSSR count). The first-order valence-electron chi connectivity index (χ1n) is 10.0. The van der Waals surface area contributed by atoms with Crippen LogP contribution >= 0.6 is 15.9 Å². The summed E-state index contributed by atoms with van der Waals surface area (Å²) in [7, 11) is -3.69. The maximum absolute atomic E-state index is 12.9. The fourth-order valence-corrected chi connectivity index (χ4v) is 6.08. The average Bonchev–Trinajstić information content (AvgIpc) is 3.50. The van der Waals surface area contributed by atoms with E-state index in [4.69, 9.17) is 0 Å². The maximum atomic E-state index is 12.9. The Balaban J connectivity index is 1.44. The number of carbonyl (C=O) groups excluding carboxylic acids is 2. The topological polar surface area (TPSA) is 83.6 Å². The van der Waals surface area contributed by atoms with Crippen molar-refractivity contribution in [2.24, 2.45) is 5.92 Å². The molecule has 1 aliphatic carbocycles. The highest BCUT2D eigenvalue weighted by Crippen LogP contribution is 2.39. The van der Waals surface area contributed by atoms with Gasteiger partial charge in [-0.25, -0.2) is 8.42 Å². The zero-order valence-electron chi connectivity index (χ0n) is 16.4. The number of rotatable bonds is 7. The van der Waals surface area contributed by atoms with Gasteiger partial charge in [0.05, 0.1) is 10.6 Å². The van der Waals surface area contributed by atoms with Crippen molar-refractivity contribution >= 4 is 43.3 Å². The summed E-state index contributed by atoms with van der Waals surface area (Å²) < 4.78 is 26.4. The number of hydrogen-bond acceptors (Lipinski definition) is 4. The van der Waals surface area contributed by atoms with E-state index < -0.39 is 9.84 Å². The SMILES string of the molecule is O=C(CCS(=O)(=O)c1cc2c(cc1Br)CCN2C(=O)C1CC1)NCc1ccccc1. The van der Waals surface area contributed by atoms with Crippen molar-refractivity contribution < 1.29 is 18.0 Å². The van der Waals surface area contributed by atoms with Crippen LogP contribution < -0.4 is 10.2 Å². The molecule has 2 aromatic rings. The second-order valence-corrected chi connectivity index (χ2v) is 10.7. The number of fused-ring (bicyclic) bond motifs is 1. The third-order valence-electron chi connectivity index (χ3n) is 5.49. The Morgan fingerprint density at radius 3 is 2.57 bits per heavy atom. The van der Waals surface area contributed by atoms with E-state index in [0.29, 0.717) is 29.7 Å². The molecular weight excluding hydrogens is 468 g/mol. The average molecular weight is 491 g/mol. The van der Waals surface area contributed by atoms with E-state index in [1.165, 1.54) is 0 Å². The molecule has 1 saturated carbocycles. The number of nitrogens with one attached hydrogen (secondary N) is 1. The second-order valence-electron chi connectivity index (χ2n) is 7.76. The summed E-state index contributed by atoms with van der Waals surface area (Å²) in [6, 6.07) is 12.8. The summed E-state index contributed by atoms with van der Waals surface area (Å²) in [5, 5.41) is 2.75. The van der Waals surface area contributed by atoms with Crippen molar-refractivity contribution in [1.29, 1.82) is 0 Å². The molecular formula is C22H23BrN2O4S. The highest BCUT2D eigenvalue weighted by atomic mass is 79.9. The van der Waals surface area contributed by atoms with E-state index in [1.807, 2.05) is 30.3 Å². The summed E-state index contributed by atoms with van der Waals surface area (Å²) in [4.78, 5) is 26.5. The lowest BCUT2D eigenvalue weighted by Gasteiger charge is -2.18. The van der Waals surface area contributed by atoms with Crippen LogP contribution in [-0.4, -0.2) is 32.5 Å². The predicted octanol–water partition coefficient (Wildman–Crippen LogP) is 3.23. The van der Waals surface area contributed by atoms with Gasteiger partial charge in [0.2, 0.25) is 11.8 Å². The lowest BCUT2D eigenvalue weighted by atomic mass is 10.2. The fourth-order valence-electron chi connectivity index (χ4n) is 3.63. The van der Waals surface area contributed by atoms with E-state index >= 15 is 0 Å². The molecule has 2 aromatic carbocycles. The summed E-state index contributed by atoms with van der Waals surface area (Å²) in [6.07, 6.45) is 2.41. The third-order valence-corrected chi connectivity index (χ3v) is 8.15. The largest absolute Gasteiger partial charge is 0.352 e. The van der Waals surface area contributed by atoms with Gasteiger partial charge < -0.3 is 10.2 Å². The number of benzene rings is 2. The first kappa shape index (κ1) is 21.1. The molecule has 0 bridgehead atoms. The Morgan fingerprint density at radius 1 is 1.13 bits per heavy atom. The van der Waals surface area contributed by atoms with Gasteiger partial charge in [-0.1, -0.05) is 30.3 Å². The first-order valence-corrected chi connectivity index (χ1v) is 12.5. The van der Waals surface area contributed by atoms with Gasteiger partial charge in [0, 0.05) is 35.6 Å². The number of sulfone groups is 1. The van der Waals surface area contributed by atoms with Crippen molar-refractivity contribution in [2.75, 3.05) is 17.2 Å². The van der Waals surface area contributed by atoms with Crippen LogP contribution in [0.25, 0.3) is 0 Å². The van der Waals surface area contributed by atoms with Crippen LogP contribution in [0.2, 0.25) is 0 Å². The van der Waals surface area contributed by atoms with Crippen LogP contribution in [0.15, 0.2) is 51.8 Å². The van der Waals surface area contributed by atoms with Gasteiger partial charge in [-0.2, -0.15) is 0 Å². The molecule has 0 saturated heterocycles. The monoisotopic (exact) mass is 490 g/mol. The Hall–Kier alpha value is -2.19. The quantitative estimate of drug-likeness (QED) is 0.645.